The average Bonchev–Trinajstić information content (AvgIpc) is 2.92. The number of amides is 2. The maximum absolute atomic E-state index is 14.0. The first kappa shape index (κ1) is 30.2. The maximum atomic E-state index is 14.0. The summed E-state index contributed by atoms with van der Waals surface area (Å²) >= 11 is 6.08. The van der Waals surface area contributed by atoms with Gasteiger partial charge in [-0.1, -0.05) is 67.4 Å². The standard InChI is InChI=1S/C30H36ClN3O4S/c1-5-19-32-30(36)28(6-2)33(20-24-10-8-7-9-23(24)4)29(35)21-34(26-15-13-25(31)14-16-26)39(37,38)27-17-11-22(3)12-18-27/h7-18,28H,5-6,19-21H2,1-4H3,(H,32,36). The Hall–Kier alpha value is -3.36. The number of anilines is 1. The van der Waals surface area contributed by atoms with Crippen molar-refractivity contribution in [1.29, 1.82) is 0 Å². The molecule has 0 saturated carbocycles. The summed E-state index contributed by atoms with van der Waals surface area (Å²) in [6, 6.07) is 19.6. The second-order valence-corrected chi connectivity index (χ2v) is 11.8. The molecule has 3 aromatic carbocycles. The van der Waals surface area contributed by atoms with E-state index in [2.05, 4.69) is 5.32 Å². The van der Waals surface area contributed by atoms with Gasteiger partial charge in [0.1, 0.15) is 12.6 Å². The zero-order valence-electron chi connectivity index (χ0n) is 22.9. The van der Waals surface area contributed by atoms with Crippen LogP contribution in [0, 0.1) is 13.8 Å². The molecule has 0 radical (unpaired) electrons. The third kappa shape index (κ3) is 7.61. The van der Waals surface area contributed by atoms with E-state index in [0.29, 0.717) is 23.7 Å². The average molecular weight is 570 g/mol. The van der Waals surface area contributed by atoms with Crippen LogP contribution >= 0.6 is 11.6 Å². The highest BCUT2D eigenvalue weighted by atomic mass is 35.5. The van der Waals surface area contributed by atoms with Gasteiger partial charge in [-0.3, -0.25) is 13.9 Å². The molecule has 1 unspecified atom stereocenters. The minimum absolute atomic E-state index is 0.0639. The number of aryl methyl sites for hydroxylation is 2. The van der Waals surface area contributed by atoms with E-state index in [1.165, 1.54) is 17.0 Å². The molecule has 2 amide bonds. The van der Waals surface area contributed by atoms with Gasteiger partial charge in [0.2, 0.25) is 11.8 Å². The molecule has 0 aromatic heterocycles. The molecule has 0 heterocycles. The van der Waals surface area contributed by atoms with Crippen LogP contribution in [0.1, 0.15) is 43.4 Å². The summed E-state index contributed by atoms with van der Waals surface area (Å²) in [6.07, 6.45) is 1.13. The molecule has 0 aliphatic carbocycles. The number of halogens is 1. The van der Waals surface area contributed by atoms with E-state index in [4.69, 9.17) is 11.6 Å². The van der Waals surface area contributed by atoms with Crippen LogP contribution in [0.25, 0.3) is 0 Å². The molecule has 0 aliphatic heterocycles. The normalized spacial score (nSPS) is 12.0. The van der Waals surface area contributed by atoms with Gasteiger partial charge in [0, 0.05) is 18.1 Å². The lowest BCUT2D eigenvalue weighted by molar-refractivity contribution is -0.140. The molecule has 208 valence electrons. The summed E-state index contributed by atoms with van der Waals surface area (Å²) in [5.74, 6) is -0.747. The summed E-state index contributed by atoms with van der Waals surface area (Å²) in [5.41, 5.74) is 3.07. The lowest BCUT2D eigenvalue weighted by Gasteiger charge is -2.33. The van der Waals surface area contributed by atoms with Crippen LogP contribution in [0.4, 0.5) is 5.69 Å². The zero-order chi connectivity index (χ0) is 28.6. The molecule has 9 heteroatoms. The van der Waals surface area contributed by atoms with Crippen molar-refractivity contribution in [2.45, 2.75) is 58.0 Å². The Labute approximate surface area is 236 Å². The molecule has 0 fully saturated rings. The number of sulfonamides is 1. The number of nitrogens with one attached hydrogen (secondary N) is 1. The topological polar surface area (TPSA) is 86.8 Å². The minimum Gasteiger partial charge on any atom is -0.354 e. The molecule has 3 aromatic rings. The Morgan fingerprint density at radius 3 is 2.15 bits per heavy atom. The van der Waals surface area contributed by atoms with Crippen LogP contribution in [0.2, 0.25) is 5.02 Å². The Morgan fingerprint density at radius 1 is 0.923 bits per heavy atom. The van der Waals surface area contributed by atoms with E-state index in [-0.39, 0.29) is 17.3 Å². The van der Waals surface area contributed by atoms with Gasteiger partial charge in [0.05, 0.1) is 10.6 Å². The summed E-state index contributed by atoms with van der Waals surface area (Å²) in [7, 11) is -4.12. The Bertz CT molecular complexity index is 1380. The number of carbonyl (C=O) groups is 2. The fourth-order valence-corrected chi connectivity index (χ4v) is 5.77. The first-order chi connectivity index (χ1) is 18.6. The first-order valence-electron chi connectivity index (χ1n) is 13.0. The number of benzene rings is 3. The highest BCUT2D eigenvalue weighted by molar-refractivity contribution is 7.92. The van der Waals surface area contributed by atoms with Crippen LogP contribution in [0.3, 0.4) is 0 Å². The van der Waals surface area contributed by atoms with Crippen molar-refractivity contribution in [1.82, 2.24) is 10.2 Å². The van der Waals surface area contributed by atoms with E-state index in [1.807, 2.05) is 52.0 Å². The van der Waals surface area contributed by atoms with Gasteiger partial charge in [-0.15, -0.1) is 0 Å². The number of hydrogen-bond acceptors (Lipinski definition) is 4. The first-order valence-corrected chi connectivity index (χ1v) is 14.9. The lowest BCUT2D eigenvalue weighted by atomic mass is 10.1. The molecule has 7 nitrogen and oxygen atoms in total. The van der Waals surface area contributed by atoms with Crippen molar-refractivity contribution in [3.8, 4) is 0 Å². The second kappa shape index (κ2) is 13.6. The van der Waals surface area contributed by atoms with Gasteiger partial charge in [0.25, 0.3) is 10.0 Å². The minimum atomic E-state index is -4.12. The monoisotopic (exact) mass is 569 g/mol. The third-order valence-corrected chi connectivity index (χ3v) is 8.58. The fourth-order valence-electron chi connectivity index (χ4n) is 4.23. The number of nitrogens with zero attached hydrogens (tertiary/aromatic N) is 2. The maximum Gasteiger partial charge on any atom is 0.264 e. The fraction of sp³-hybridized carbons (Fsp3) is 0.333. The Kier molecular flexibility index (Phi) is 10.5. The quantitative estimate of drug-likeness (QED) is 0.313. The van der Waals surface area contributed by atoms with Crippen LogP contribution in [0.5, 0.6) is 0 Å². The number of carbonyl (C=O) groups excluding carboxylic acids is 2. The lowest BCUT2D eigenvalue weighted by Crippen LogP contribution is -2.52. The van der Waals surface area contributed by atoms with Gasteiger partial charge in [-0.2, -0.15) is 0 Å². The van der Waals surface area contributed by atoms with Gasteiger partial charge < -0.3 is 10.2 Å². The molecular weight excluding hydrogens is 534 g/mol. The van der Waals surface area contributed by atoms with Crippen LogP contribution in [0.15, 0.2) is 77.7 Å². The van der Waals surface area contributed by atoms with E-state index >= 15 is 0 Å². The van der Waals surface area contributed by atoms with Gasteiger partial charge in [0.15, 0.2) is 0 Å². The molecule has 0 saturated heterocycles. The van der Waals surface area contributed by atoms with Crippen LogP contribution in [-0.4, -0.2) is 44.3 Å². The largest absolute Gasteiger partial charge is 0.354 e. The SMILES string of the molecule is CCCNC(=O)C(CC)N(Cc1ccccc1C)C(=O)CN(c1ccc(Cl)cc1)S(=O)(=O)c1ccc(C)cc1. The number of rotatable bonds is 12. The smallest absolute Gasteiger partial charge is 0.264 e. The highest BCUT2D eigenvalue weighted by Gasteiger charge is 2.33. The molecular formula is C30H36ClN3O4S. The van der Waals surface area contributed by atoms with Crippen molar-refractivity contribution in [2.75, 3.05) is 17.4 Å². The van der Waals surface area contributed by atoms with Crippen LogP contribution < -0.4 is 9.62 Å². The number of hydrogen-bond donors (Lipinski definition) is 1. The molecule has 0 aliphatic rings. The summed E-state index contributed by atoms with van der Waals surface area (Å²) in [4.78, 5) is 28.7. The Balaban J connectivity index is 2.05. The van der Waals surface area contributed by atoms with Gasteiger partial charge in [-0.25, -0.2) is 8.42 Å². The Morgan fingerprint density at radius 2 is 1.56 bits per heavy atom. The molecule has 1 N–H and O–H groups in total. The van der Waals surface area contributed by atoms with E-state index < -0.39 is 28.5 Å². The molecule has 1 atom stereocenters. The summed E-state index contributed by atoms with van der Waals surface area (Å²) in [6.45, 7) is 7.78. The van der Waals surface area contributed by atoms with E-state index in [1.54, 1.807) is 36.4 Å². The molecule has 39 heavy (non-hydrogen) atoms. The predicted octanol–water partition coefficient (Wildman–Crippen LogP) is 5.49. The molecule has 0 bridgehead atoms. The second-order valence-electron chi connectivity index (χ2n) is 9.46. The van der Waals surface area contributed by atoms with Gasteiger partial charge >= 0.3 is 0 Å². The van der Waals surface area contributed by atoms with E-state index in [0.717, 1.165) is 27.4 Å². The van der Waals surface area contributed by atoms with Crippen molar-refractivity contribution in [2.24, 2.45) is 0 Å². The van der Waals surface area contributed by atoms with E-state index in [9.17, 15) is 18.0 Å². The molecule has 0 spiro atoms. The summed E-state index contributed by atoms with van der Waals surface area (Å²) in [5, 5.41) is 3.33. The summed E-state index contributed by atoms with van der Waals surface area (Å²) < 4.78 is 28.8. The van der Waals surface area contributed by atoms with Crippen LogP contribution in [-0.2, 0) is 26.2 Å². The van der Waals surface area contributed by atoms with Crippen molar-refractivity contribution in [3.63, 3.8) is 0 Å². The molecule has 3 rings (SSSR count). The van der Waals surface area contributed by atoms with Crippen molar-refractivity contribution in [3.05, 3.63) is 94.5 Å². The highest BCUT2D eigenvalue weighted by Crippen LogP contribution is 2.26. The third-order valence-electron chi connectivity index (χ3n) is 6.54. The zero-order valence-corrected chi connectivity index (χ0v) is 24.4. The van der Waals surface area contributed by atoms with Crippen molar-refractivity contribution >= 4 is 39.1 Å². The van der Waals surface area contributed by atoms with Crippen molar-refractivity contribution < 1.29 is 18.0 Å². The van der Waals surface area contributed by atoms with Gasteiger partial charge in [-0.05, 0) is 74.2 Å². The predicted molar refractivity (Wildman–Crippen MR) is 156 cm³/mol.